The number of piperazine rings is 1. The normalized spacial score (nSPS) is 18.4. The second-order valence-electron chi connectivity index (χ2n) is 5.20. The first-order chi connectivity index (χ1) is 10.2. The van der Waals surface area contributed by atoms with Crippen LogP contribution in [0.1, 0.15) is 5.56 Å². The zero-order chi connectivity index (χ0) is 15.2. The molecule has 0 aromatic heterocycles. The maximum absolute atomic E-state index is 13.0. The third-order valence-electron chi connectivity index (χ3n) is 3.88. The Morgan fingerprint density at radius 1 is 1.38 bits per heavy atom. The van der Waals surface area contributed by atoms with E-state index in [-0.39, 0.29) is 61.6 Å². The van der Waals surface area contributed by atoms with Crippen LogP contribution in [0.3, 0.4) is 0 Å². The molecule has 1 saturated heterocycles. The van der Waals surface area contributed by atoms with E-state index in [1.54, 1.807) is 12.1 Å². The molecule has 0 bridgehead atoms. The zero-order valence-corrected chi connectivity index (χ0v) is 15.9. The fraction of sp³-hybridized carbons (Fsp3) is 0.533. The number of rotatable bonds is 5. The van der Waals surface area contributed by atoms with Crippen molar-refractivity contribution in [3.8, 4) is 0 Å². The summed E-state index contributed by atoms with van der Waals surface area (Å²) in [6, 6.07) is 6.17. The van der Waals surface area contributed by atoms with E-state index in [0.717, 1.165) is 31.6 Å². The average Bonchev–Trinajstić information content (AvgIpc) is 2.51. The molecule has 5 nitrogen and oxygen atoms in total. The van der Waals surface area contributed by atoms with Gasteiger partial charge >= 0.3 is 5.97 Å². The van der Waals surface area contributed by atoms with E-state index in [1.165, 1.54) is 19.2 Å². The monoisotopic (exact) mass is 403 g/mol. The molecule has 1 aliphatic rings. The van der Waals surface area contributed by atoms with E-state index >= 15 is 0 Å². The quantitative estimate of drug-likeness (QED) is 0.726. The number of carbonyl (C=O) groups is 1. The van der Waals surface area contributed by atoms with E-state index in [1.807, 2.05) is 0 Å². The molecule has 0 radical (unpaired) electrons. The summed E-state index contributed by atoms with van der Waals surface area (Å²) in [6.45, 7) is 2.55. The van der Waals surface area contributed by atoms with Crippen LogP contribution in [0.15, 0.2) is 24.3 Å². The van der Waals surface area contributed by atoms with Crippen molar-refractivity contribution in [2.45, 2.75) is 18.5 Å². The topological polar surface area (TPSA) is 67.6 Å². The second-order valence-corrected chi connectivity index (χ2v) is 5.20. The summed E-state index contributed by atoms with van der Waals surface area (Å²) in [6.07, 6.45) is 0.737. The number of ether oxygens (including phenoxy) is 1. The first kappa shape index (κ1) is 25.6. The van der Waals surface area contributed by atoms with E-state index in [4.69, 9.17) is 10.5 Å². The van der Waals surface area contributed by atoms with Gasteiger partial charge in [0, 0.05) is 32.2 Å². The minimum absolute atomic E-state index is 0. The van der Waals surface area contributed by atoms with Crippen LogP contribution in [0, 0.1) is 5.82 Å². The Kier molecular flexibility index (Phi) is 13.5. The van der Waals surface area contributed by atoms with Gasteiger partial charge in [0.15, 0.2) is 0 Å². The number of esters is 1. The molecule has 1 heterocycles. The molecular weight excluding hydrogens is 380 g/mol. The number of nitrogens with one attached hydrogen (secondary N) is 1. The van der Waals surface area contributed by atoms with Crippen LogP contribution < -0.4 is 11.1 Å². The van der Waals surface area contributed by atoms with E-state index in [9.17, 15) is 9.18 Å². The minimum Gasteiger partial charge on any atom is -0.468 e. The van der Waals surface area contributed by atoms with Gasteiger partial charge in [-0.25, -0.2) is 4.39 Å². The summed E-state index contributed by atoms with van der Waals surface area (Å²) in [5, 5.41) is 3.32. The number of nitrogens with two attached hydrogens (primary N) is 1. The SMILES string of the molecule is COC(=O)[C@H](CN)N1CCNCC1Cc1ccc(F)cc1.Cl.Cl.Cl. The van der Waals surface area contributed by atoms with E-state index < -0.39 is 6.04 Å². The van der Waals surface area contributed by atoms with Crippen molar-refractivity contribution in [1.82, 2.24) is 10.2 Å². The molecule has 1 aromatic carbocycles. The molecule has 0 aliphatic carbocycles. The van der Waals surface area contributed by atoms with Crippen LogP contribution in [-0.2, 0) is 16.0 Å². The summed E-state index contributed by atoms with van der Waals surface area (Å²) in [7, 11) is 1.38. The molecule has 1 aromatic rings. The van der Waals surface area contributed by atoms with Crippen molar-refractivity contribution in [3.05, 3.63) is 35.6 Å². The van der Waals surface area contributed by atoms with Gasteiger partial charge in [0.2, 0.25) is 0 Å². The number of halogens is 4. The molecule has 1 aliphatic heterocycles. The van der Waals surface area contributed by atoms with Crippen molar-refractivity contribution in [2.24, 2.45) is 5.73 Å². The number of benzene rings is 1. The van der Waals surface area contributed by atoms with Gasteiger partial charge in [0.25, 0.3) is 0 Å². The number of hydrogen-bond acceptors (Lipinski definition) is 5. The molecule has 3 N–H and O–H groups in total. The Morgan fingerprint density at radius 2 is 2.00 bits per heavy atom. The number of nitrogens with zero attached hydrogens (tertiary/aromatic N) is 1. The van der Waals surface area contributed by atoms with Gasteiger partial charge in [-0.3, -0.25) is 9.69 Å². The summed E-state index contributed by atoms with van der Waals surface area (Å²) in [5.41, 5.74) is 6.78. The highest BCUT2D eigenvalue weighted by Gasteiger charge is 2.32. The van der Waals surface area contributed by atoms with Gasteiger partial charge in [-0.05, 0) is 24.1 Å². The van der Waals surface area contributed by atoms with Gasteiger partial charge in [0.1, 0.15) is 11.9 Å². The standard InChI is InChI=1S/C15H22FN3O2.3ClH/c1-21-15(20)14(9-17)19-7-6-18-10-13(19)8-11-2-4-12(16)5-3-11;;;/h2-5,13-14,18H,6-10,17H2,1H3;3*1H/t13?,14-;;;/m0.../s1. The average molecular weight is 405 g/mol. The van der Waals surface area contributed by atoms with Crippen LogP contribution in [-0.4, -0.2) is 56.2 Å². The fourth-order valence-electron chi connectivity index (χ4n) is 2.77. The van der Waals surface area contributed by atoms with Crippen LogP contribution in [0.4, 0.5) is 4.39 Å². The number of methoxy groups -OCH3 is 1. The van der Waals surface area contributed by atoms with Gasteiger partial charge in [-0.1, -0.05) is 12.1 Å². The highest BCUT2D eigenvalue weighted by atomic mass is 35.5. The summed E-state index contributed by atoms with van der Waals surface area (Å²) >= 11 is 0. The van der Waals surface area contributed by atoms with Crippen molar-refractivity contribution in [2.75, 3.05) is 33.3 Å². The smallest absolute Gasteiger partial charge is 0.324 e. The fourth-order valence-corrected chi connectivity index (χ4v) is 2.77. The summed E-state index contributed by atoms with van der Waals surface area (Å²) < 4.78 is 17.8. The van der Waals surface area contributed by atoms with Gasteiger partial charge < -0.3 is 15.8 Å². The first-order valence-electron chi connectivity index (χ1n) is 7.14. The predicted molar refractivity (Wildman–Crippen MR) is 100 cm³/mol. The Balaban J connectivity index is 0. The highest BCUT2D eigenvalue weighted by Crippen LogP contribution is 2.15. The Labute approximate surface area is 160 Å². The van der Waals surface area contributed by atoms with Crippen molar-refractivity contribution in [1.29, 1.82) is 0 Å². The lowest BCUT2D eigenvalue weighted by molar-refractivity contribution is -0.148. The second kappa shape index (κ2) is 12.7. The maximum atomic E-state index is 13.0. The van der Waals surface area contributed by atoms with Gasteiger partial charge in [0.05, 0.1) is 7.11 Å². The maximum Gasteiger partial charge on any atom is 0.324 e. The van der Waals surface area contributed by atoms with Crippen molar-refractivity contribution < 1.29 is 13.9 Å². The first-order valence-corrected chi connectivity index (χ1v) is 7.14. The Morgan fingerprint density at radius 3 is 2.54 bits per heavy atom. The lowest BCUT2D eigenvalue weighted by Crippen LogP contribution is -2.60. The molecule has 0 saturated carbocycles. The van der Waals surface area contributed by atoms with Crippen molar-refractivity contribution >= 4 is 43.2 Å². The minimum atomic E-state index is -0.428. The largest absolute Gasteiger partial charge is 0.468 e. The molecule has 2 atom stereocenters. The lowest BCUT2D eigenvalue weighted by Gasteiger charge is -2.40. The van der Waals surface area contributed by atoms with Crippen LogP contribution in [0.25, 0.3) is 0 Å². The molecule has 0 spiro atoms. The molecular formula is C15H25Cl3FN3O2. The third-order valence-corrected chi connectivity index (χ3v) is 3.88. The zero-order valence-electron chi connectivity index (χ0n) is 13.4. The molecule has 0 amide bonds. The Hall–Kier alpha value is -0.630. The van der Waals surface area contributed by atoms with E-state index in [2.05, 4.69) is 10.2 Å². The lowest BCUT2D eigenvalue weighted by atomic mass is 10.0. The molecule has 140 valence electrons. The third kappa shape index (κ3) is 6.70. The van der Waals surface area contributed by atoms with Gasteiger partial charge in [-0.2, -0.15) is 0 Å². The Bertz CT molecular complexity index is 480. The predicted octanol–water partition coefficient (Wildman–Crippen LogP) is 1.41. The molecule has 1 fully saturated rings. The van der Waals surface area contributed by atoms with E-state index in [0.29, 0.717) is 0 Å². The molecule has 9 heteroatoms. The van der Waals surface area contributed by atoms with Crippen LogP contribution in [0.2, 0.25) is 0 Å². The number of carbonyl (C=O) groups excluding carboxylic acids is 1. The van der Waals surface area contributed by atoms with Crippen LogP contribution >= 0.6 is 37.2 Å². The van der Waals surface area contributed by atoms with Crippen LogP contribution in [0.5, 0.6) is 0 Å². The highest BCUT2D eigenvalue weighted by molar-refractivity contribution is 5.86. The molecule has 24 heavy (non-hydrogen) atoms. The molecule has 1 unspecified atom stereocenters. The van der Waals surface area contributed by atoms with Crippen molar-refractivity contribution in [3.63, 3.8) is 0 Å². The summed E-state index contributed by atoms with van der Waals surface area (Å²) in [4.78, 5) is 14.0. The summed E-state index contributed by atoms with van der Waals surface area (Å²) in [5.74, 6) is -0.546. The van der Waals surface area contributed by atoms with Gasteiger partial charge in [-0.15, -0.1) is 37.2 Å². The number of hydrogen-bond donors (Lipinski definition) is 2. The molecule has 2 rings (SSSR count).